The van der Waals surface area contributed by atoms with E-state index >= 15 is 0 Å². The maximum atomic E-state index is 13.5. The van der Waals surface area contributed by atoms with Crippen LogP contribution in [0.5, 0.6) is 0 Å². The number of carbonyl (C=O) groups excluding carboxylic acids is 1. The zero-order valence-corrected chi connectivity index (χ0v) is 16.2. The summed E-state index contributed by atoms with van der Waals surface area (Å²) < 4.78 is 2.18. The van der Waals surface area contributed by atoms with Gasteiger partial charge in [0, 0.05) is 50.0 Å². The van der Waals surface area contributed by atoms with Crippen molar-refractivity contribution in [2.75, 3.05) is 18.0 Å². The summed E-state index contributed by atoms with van der Waals surface area (Å²) in [6.45, 7) is 1.63. The largest absolute Gasteiger partial charge is 0.341 e. The number of amides is 1. The third-order valence-corrected chi connectivity index (χ3v) is 6.88. The predicted octanol–water partition coefficient (Wildman–Crippen LogP) is 2.67. The average molecular weight is 380 g/mol. The number of piperidine rings is 1. The molecule has 0 spiro atoms. The summed E-state index contributed by atoms with van der Waals surface area (Å²) in [6.07, 6.45) is 17.1. The van der Waals surface area contributed by atoms with Crippen molar-refractivity contribution in [3.8, 4) is 0 Å². The number of imidazole rings is 1. The Morgan fingerprint density at radius 2 is 1.79 bits per heavy atom. The van der Waals surface area contributed by atoms with Crippen LogP contribution < -0.4 is 4.90 Å². The van der Waals surface area contributed by atoms with E-state index in [4.69, 9.17) is 0 Å². The fourth-order valence-corrected chi connectivity index (χ4v) is 5.47. The second-order valence-electron chi connectivity index (χ2n) is 8.39. The van der Waals surface area contributed by atoms with Crippen LogP contribution in [-0.4, -0.2) is 55.5 Å². The Hall–Kier alpha value is -2.44. The lowest BCUT2D eigenvalue weighted by Gasteiger charge is -2.37. The van der Waals surface area contributed by atoms with Gasteiger partial charge in [0.25, 0.3) is 0 Å². The number of likely N-dealkylation sites (tertiary alicyclic amines) is 1. The average Bonchev–Trinajstić information content (AvgIpc) is 3.42. The molecular formula is C21H28N6O. The maximum absolute atomic E-state index is 13.5. The second kappa shape index (κ2) is 7.53. The Kier molecular flexibility index (Phi) is 4.74. The zero-order chi connectivity index (χ0) is 18.9. The van der Waals surface area contributed by atoms with Crippen LogP contribution in [0.15, 0.2) is 37.2 Å². The van der Waals surface area contributed by atoms with E-state index < -0.39 is 0 Å². The first-order chi connectivity index (χ1) is 13.8. The van der Waals surface area contributed by atoms with Crippen LogP contribution in [-0.2, 0) is 4.79 Å². The van der Waals surface area contributed by atoms with Gasteiger partial charge in [0.1, 0.15) is 6.04 Å². The molecule has 5 rings (SSSR count). The Morgan fingerprint density at radius 1 is 1.00 bits per heavy atom. The molecule has 28 heavy (non-hydrogen) atoms. The van der Waals surface area contributed by atoms with Crippen molar-refractivity contribution in [1.29, 1.82) is 0 Å². The monoisotopic (exact) mass is 380 g/mol. The van der Waals surface area contributed by atoms with Gasteiger partial charge < -0.3 is 14.4 Å². The van der Waals surface area contributed by atoms with Crippen molar-refractivity contribution in [2.24, 2.45) is 5.92 Å². The molecule has 0 unspecified atom stereocenters. The molecular weight excluding hydrogens is 352 g/mol. The summed E-state index contributed by atoms with van der Waals surface area (Å²) in [7, 11) is 0. The molecule has 0 bridgehead atoms. The second-order valence-corrected chi connectivity index (χ2v) is 8.39. The zero-order valence-electron chi connectivity index (χ0n) is 16.2. The van der Waals surface area contributed by atoms with Crippen LogP contribution >= 0.6 is 0 Å². The van der Waals surface area contributed by atoms with E-state index in [0.717, 1.165) is 44.7 Å². The highest BCUT2D eigenvalue weighted by molar-refractivity contribution is 5.86. The minimum absolute atomic E-state index is 0.111. The number of hydrogen-bond acceptors (Lipinski definition) is 5. The van der Waals surface area contributed by atoms with E-state index in [2.05, 4.69) is 29.3 Å². The number of hydrogen-bond donors (Lipinski definition) is 0. The molecule has 2 saturated heterocycles. The molecule has 1 saturated carbocycles. The van der Waals surface area contributed by atoms with E-state index in [1.165, 1.54) is 19.3 Å². The van der Waals surface area contributed by atoms with Crippen LogP contribution in [0.4, 0.5) is 5.95 Å². The molecule has 7 heteroatoms. The first-order valence-electron chi connectivity index (χ1n) is 10.6. The van der Waals surface area contributed by atoms with Crippen LogP contribution in [0.1, 0.15) is 51.0 Å². The van der Waals surface area contributed by atoms with Gasteiger partial charge in [0.2, 0.25) is 11.9 Å². The smallest absolute Gasteiger partial charge is 0.245 e. The lowest BCUT2D eigenvalue weighted by molar-refractivity contribution is -0.133. The summed E-state index contributed by atoms with van der Waals surface area (Å²) in [5, 5.41) is 0. The third-order valence-electron chi connectivity index (χ3n) is 6.88. The first-order valence-corrected chi connectivity index (χ1v) is 10.6. The molecule has 7 nitrogen and oxygen atoms in total. The normalized spacial score (nSPS) is 28.4. The number of fused-ring (bicyclic) bond motifs is 1. The quantitative estimate of drug-likeness (QED) is 0.819. The fraction of sp³-hybridized carbons (Fsp3) is 0.619. The van der Waals surface area contributed by atoms with E-state index in [1.807, 2.05) is 24.8 Å². The Morgan fingerprint density at radius 3 is 2.54 bits per heavy atom. The number of aromatic nitrogens is 4. The number of rotatable bonds is 3. The molecule has 1 amide bonds. The third kappa shape index (κ3) is 3.16. The first kappa shape index (κ1) is 17.6. The van der Waals surface area contributed by atoms with Crippen molar-refractivity contribution >= 4 is 11.9 Å². The molecule has 3 atom stereocenters. The molecule has 3 aliphatic rings. The summed E-state index contributed by atoms with van der Waals surface area (Å²) in [6, 6.07) is 2.59. The van der Waals surface area contributed by atoms with Gasteiger partial charge in [-0.05, 0) is 44.1 Å². The highest BCUT2D eigenvalue weighted by Crippen LogP contribution is 2.42. The Bertz CT molecular complexity index is 786. The lowest BCUT2D eigenvalue weighted by Crippen LogP contribution is -2.51. The lowest BCUT2D eigenvalue weighted by atomic mass is 9.84. The minimum Gasteiger partial charge on any atom is -0.341 e. The Labute approximate surface area is 165 Å². The summed E-state index contributed by atoms with van der Waals surface area (Å²) in [5.74, 6) is 1.59. The standard InChI is InChI=1S/C21H28N6O/c28-20(25-11-6-17(7-12-25)26-13-10-22-15-26)19-14-16-4-1-2-5-18(16)27(19)21-23-8-3-9-24-21/h3,8-10,13,15-19H,1-2,4-7,11-12,14H2/t16-,18-,19-/m0/s1. The van der Waals surface area contributed by atoms with E-state index in [1.54, 1.807) is 12.4 Å². The van der Waals surface area contributed by atoms with Gasteiger partial charge in [-0.1, -0.05) is 12.8 Å². The molecule has 1 aliphatic carbocycles. The fourth-order valence-electron chi connectivity index (χ4n) is 5.47. The van der Waals surface area contributed by atoms with Crippen LogP contribution in [0.2, 0.25) is 0 Å². The van der Waals surface area contributed by atoms with Crippen molar-refractivity contribution in [3.05, 3.63) is 37.2 Å². The SMILES string of the molecule is O=C([C@@H]1C[C@@H]2CCCC[C@@H]2N1c1ncccn1)N1CCC(n2ccnc2)CC1. The molecule has 2 aliphatic heterocycles. The molecule has 2 aromatic rings. The van der Waals surface area contributed by atoms with Crippen molar-refractivity contribution in [3.63, 3.8) is 0 Å². The van der Waals surface area contributed by atoms with Crippen molar-refractivity contribution in [2.45, 2.75) is 63.1 Å². The molecule has 4 heterocycles. The van der Waals surface area contributed by atoms with Gasteiger partial charge in [0.05, 0.1) is 6.33 Å². The number of carbonyl (C=O) groups is 1. The van der Waals surface area contributed by atoms with Gasteiger partial charge in [0.15, 0.2) is 0 Å². The molecule has 0 N–H and O–H groups in total. The molecule has 0 aromatic carbocycles. The molecule has 0 radical (unpaired) electrons. The van der Waals surface area contributed by atoms with Crippen LogP contribution in [0.3, 0.4) is 0 Å². The van der Waals surface area contributed by atoms with Gasteiger partial charge in [-0.2, -0.15) is 0 Å². The topological polar surface area (TPSA) is 67.2 Å². The predicted molar refractivity (Wildman–Crippen MR) is 106 cm³/mol. The highest BCUT2D eigenvalue weighted by Gasteiger charge is 2.47. The van der Waals surface area contributed by atoms with Gasteiger partial charge >= 0.3 is 0 Å². The van der Waals surface area contributed by atoms with Gasteiger partial charge in [-0.25, -0.2) is 15.0 Å². The molecule has 2 aromatic heterocycles. The summed E-state index contributed by atoms with van der Waals surface area (Å²) in [5.41, 5.74) is 0. The maximum Gasteiger partial charge on any atom is 0.245 e. The van der Waals surface area contributed by atoms with Crippen LogP contribution in [0.25, 0.3) is 0 Å². The summed E-state index contributed by atoms with van der Waals surface area (Å²) >= 11 is 0. The highest BCUT2D eigenvalue weighted by atomic mass is 16.2. The van der Waals surface area contributed by atoms with Crippen molar-refractivity contribution < 1.29 is 4.79 Å². The van der Waals surface area contributed by atoms with E-state index in [9.17, 15) is 4.79 Å². The Balaban J connectivity index is 1.33. The minimum atomic E-state index is -0.111. The number of nitrogens with zero attached hydrogens (tertiary/aromatic N) is 6. The van der Waals surface area contributed by atoms with Gasteiger partial charge in [-0.15, -0.1) is 0 Å². The molecule has 3 fully saturated rings. The van der Waals surface area contributed by atoms with E-state index in [-0.39, 0.29) is 11.9 Å². The number of anilines is 1. The summed E-state index contributed by atoms with van der Waals surface area (Å²) in [4.78, 5) is 31.0. The molecule has 148 valence electrons. The van der Waals surface area contributed by atoms with E-state index in [0.29, 0.717) is 18.0 Å². The van der Waals surface area contributed by atoms with Gasteiger partial charge in [-0.3, -0.25) is 4.79 Å². The van der Waals surface area contributed by atoms with Crippen LogP contribution in [0, 0.1) is 5.92 Å². The van der Waals surface area contributed by atoms with Crippen molar-refractivity contribution in [1.82, 2.24) is 24.4 Å².